The number of nitrogens with zero attached hydrogens (tertiary/aromatic N) is 5. The van der Waals surface area contributed by atoms with Crippen LogP contribution in [0, 0.1) is 19.7 Å². The average molecular weight is 465 g/mol. The maximum atomic E-state index is 13.4. The van der Waals surface area contributed by atoms with Crippen LogP contribution in [0.5, 0.6) is 0 Å². The molecule has 1 N–H and O–H groups in total. The van der Waals surface area contributed by atoms with Crippen molar-refractivity contribution in [1.29, 1.82) is 0 Å². The SMILES string of the molecule is Cc1ccc(C)c(N(CC(=O)NC2CCCCC2)C(=O)Cn2nnc(-c3ccc(F)cc3)n2)c1. The predicted molar refractivity (Wildman–Crippen MR) is 126 cm³/mol. The number of benzene rings is 2. The Kier molecular flexibility index (Phi) is 7.30. The maximum Gasteiger partial charge on any atom is 0.251 e. The zero-order chi connectivity index (χ0) is 24.1. The molecule has 1 saturated carbocycles. The summed E-state index contributed by atoms with van der Waals surface area (Å²) < 4.78 is 13.2. The Morgan fingerprint density at radius 3 is 2.56 bits per heavy atom. The van der Waals surface area contributed by atoms with E-state index in [2.05, 4.69) is 20.7 Å². The molecule has 0 spiro atoms. The fourth-order valence-corrected chi connectivity index (χ4v) is 4.21. The first kappa shape index (κ1) is 23.5. The molecule has 3 aromatic rings. The molecule has 1 aliphatic carbocycles. The van der Waals surface area contributed by atoms with Crippen molar-refractivity contribution in [2.24, 2.45) is 0 Å². The number of carbonyl (C=O) groups is 2. The zero-order valence-corrected chi connectivity index (χ0v) is 19.5. The van der Waals surface area contributed by atoms with E-state index in [9.17, 15) is 14.0 Å². The summed E-state index contributed by atoms with van der Waals surface area (Å²) in [6.07, 6.45) is 5.36. The molecular weight excluding hydrogens is 435 g/mol. The second-order valence-electron chi connectivity index (χ2n) is 8.82. The van der Waals surface area contributed by atoms with Gasteiger partial charge in [-0.05, 0) is 73.4 Å². The number of amides is 2. The van der Waals surface area contributed by atoms with Crippen molar-refractivity contribution in [3.63, 3.8) is 0 Å². The number of carbonyl (C=O) groups excluding carboxylic acids is 2. The lowest BCUT2D eigenvalue weighted by Gasteiger charge is -2.27. The Balaban J connectivity index is 1.52. The van der Waals surface area contributed by atoms with Crippen molar-refractivity contribution in [2.45, 2.75) is 58.5 Å². The van der Waals surface area contributed by atoms with E-state index in [4.69, 9.17) is 0 Å². The van der Waals surface area contributed by atoms with Gasteiger partial charge in [0.1, 0.15) is 18.9 Å². The topological polar surface area (TPSA) is 93.0 Å². The number of hydrogen-bond acceptors (Lipinski definition) is 5. The predicted octanol–water partition coefficient (Wildman–Crippen LogP) is 3.58. The van der Waals surface area contributed by atoms with Crippen LogP contribution in [0.25, 0.3) is 11.4 Å². The number of rotatable bonds is 7. The molecule has 178 valence electrons. The zero-order valence-electron chi connectivity index (χ0n) is 19.5. The molecule has 8 nitrogen and oxygen atoms in total. The Morgan fingerprint density at radius 2 is 1.82 bits per heavy atom. The minimum Gasteiger partial charge on any atom is -0.352 e. The third kappa shape index (κ3) is 5.84. The first-order chi connectivity index (χ1) is 16.4. The molecule has 34 heavy (non-hydrogen) atoms. The molecule has 2 amide bonds. The van der Waals surface area contributed by atoms with Gasteiger partial charge in [0, 0.05) is 17.3 Å². The van der Waals surface area contributed by atoms with Crippen molar-refractivity contribution in [3.8, 4) is 11.4 Å². The molecule has 1 fully saturated rings. The molecule has 4 rings (SSSR count). The largest absolute Gasteiger partial charge is 0.352 e. The van der Waals surface area contributed by atoms with E-state index >= 15 is 0 Å². The van der Waals surface area contributed by atoms with Crippen LogP contribution >= 0.6 is 0 Å². The summed E-state index contributed by atoms with van der Waals surface area (Å²) in [6, 6.07) is 11.7. The summed E-state index contributed by atoms with van der Waals surface area (Å²) in [4.78, 5) is 28.9. The number of halogens is 1. The van der Waals surface area contributed by atoms with Gasteiger partial charge in [-0.15, -0.1) is 10.2 Å². The first-order valence-electron chi connectivity index (χ1n) is 11.6. The quantitative estimate of drug-likeness (QED) is 0.577. The first-order valence-corrected chi connectivity index (χ1v) is 11.6. The molecule has 0 atom stereocenters. The lowest BCUT2D eigenvalue weighted by molar-refractivity contribution is -0.124. The molecule has 0 saturated heterocycles. The number of aromatic nitrogens is 4. The van der Waals surface area contributed by atoms with Crippen LogP contribution in [0.3, 0.4) is 0 Å². The Labute approximate surface area is 198 Å². The van der Waals surface area contributed by atoms with Crippen LogP contribution in [0.1, 0.15) is 43.2 Å². The van der Waals surface area contributed by atoms with Crippen LogP contribution in [0.2, 0.25) is 0 Å². The van der Waals surface area contributed by atoms with Gasteiger partial charge in [0.15, 0.2) is 0 Å². The molecule has 1 aromatic heterocycles. The number of anilines is 1. The van der Waals surface area contributed by atoms with Crippen LogP contribution in [-0.4, -0.2) is 44.6 Å². The van der Waals surface area contributed by atoms with Gasteiger partial charge >= 0.3 is 0 Å². The van der Waals surface area contributed by atoms with Crippen molar-refractivity contribution in [2.75, 3.05) is 11.4 Å². The van der Waals surface area contributed by atoms with E-state index < -0.39 is 0 Å². The monoisotopic (exact) mass is 464 g/mol. The minimum absolute atomic E-state index is 0.0842. The number of nitrogens with one attached hydrogen (secondary N) is 1. The standard InChI is InChI=1S/C25H29FN6O2/c1-17-8-9-18(2)22(14-17)31(15-23(33)27-21-6-4-3-5-7-21)24(34)16-32-29-25(28-30-32)19-10-12-20(26)13-11-19/h8-14,21H,3-7,15-16H2,1-2H3,(H,27,33). The molecule has 1 heterocycles. The molecular formula is C25H29FN6O2. The van der Waals surface area contributed by atoms with Crippen molar-refractivity contribution in [1.82, 2.24) is 25.5 Å². The Hall–Kier alpha value is -3.62. The molecule has 0 radical (unpaired) electrons. The van der Waals surface area contributed by atoms with Crippen LogP contribution in [-0.2, 0) is 16.1 Å². The fraction of sp³-hybridized carbons (Fsp3) is 0.400. The van der Waals surface area contributed by atoms with Crippen LogP contribution in [0.4, 0.5) is 10.1 Å². The van der Waals surface area contributed by atoms with Gasteiger partial charge in [-0.25, -0.2) is 4.39 Å². The third-order valence-corrected chi connectivity index (χ3v) is 6.06. The lowest BCUT2D eigenvalue weighted by atomic mass is 9.95. The molecule has 2 aromatic carbocycles. The Morgan fingerprint density at radius 1 is 1.09 bits per heavy atom. The Bertz CT molecular complexity index is 1150. The molecule has 0 aliphatic heterocycles. The smallest absolute Gasteiger partial charge is 0.251 e. The molecule has 1 aliphatic rings. The highest BCUT2D eigenvalue weighted by molar-refractivity contribution is 5.99. The maximum absolute atomic E-state index is 13.4. The van der Waals surface area contributed by atoms with E-state index in [1.54, 1.807) is 12.1 Å². The summed E-state index contributed by atoms with van der Waals surface area (Å²) in [5, 5.41) is 15.3. The fourth-order valence-electron chi connectivity index (χ4n) is 4.21. The van der Waals surface area contributed by atoms with E-state index in [-0.39, 0.29) is 36.8 Å². The number of hydrogen-bond donors (Lipinski definition) is 1. The van der Waals surface area contributed by atoms with Gasteiger partial charge in [-0.3, -0.25) is 9.59 Å². The van der Waals surface area contributed by atoms with Gasteiger partial charge in [0.25, 0.3) is 5.91 Å². The van der Waals surface area contributed by atoms with Gasteiger partial charge in [-0.1, -0.05) is 31.4 Å². The number of aryl methyl sites for hydroxylation is 2. The van der Waals surface area contributed by atoms with E-state index in [1.165, 1.54) is 28.2 Å². The van der Waals surface area contributed by atoms with Crippen LogP contribution in [0.15, 0.2) is 42.5 Å². The van der Waals surface area contributed by atoms with E-state index in [0.29, 0.717) is 17.1 Å². The highest BCUT2D eigenvalue weighted by Crippen LogP contribution is 2.23. The van der Waals surface area contributed by atoms with E-state index in [1.807, 2.05) is 32.0 Å². The van der Waals surface area contributed by atoms with Crippen molar-refractivity contribution < 1.29 is 14.0 Å². The highest BCUT2D eigenvalue weighted by atomic mass is 19.1. The van der Waals surface area contributed by atoms with Crippen LogP contribution < -0.4 is 10.2 Å². The minimum atomic E-state index is -0.359. The van der Waals surface area contributed by atoms with Crippen molar-refractivity contribution >= 4 is 17.5 Å². The molecule has 0 bridgehead atoms. The van der Waals surface area contributed by atoms with Crippen molar-refractivity contribution in [3.05, 3.63) is 59.4 Å². The summed E-state index contributed by atoms with van der Waals surface area (Å²) in [7, 11) is 0. The third-order valence-electron chi connectivity index (χ3n) is 6.06. The molecule has 0 unspecified atom stereocenters. The summed E-state index contributed by atoms with van der Waals surface area (Å²) in [5.41, 5.74) is 3.16. The highest BCUT2D eigenvalue weighted by Gasteiger charge is 2.24. The van der Waals surface area contributed by atoms with Gasteiger partial charge in [-0.2, -0.15) is 4.80 Å². The molecule has 9 heteroatoms. The van der Waals surface area contributed by atoms with Gasteiger partial charge in [0.05, 0.1) is 0 Å². The normalized spacial score (nSPS) is 14.1. The summed E-state index contributed by atoms with van der Waals surface area (Å²) in [6.45, 7) is 3.59. The number of tetrazole rings is 1. The van der Waals surface area contributed by atoms with E-state index in [0.717, 1.165) is 36.8 Å². The summed E-state index contributed by atoms with van der Waals surface area (Å²) >= 11 is 0. The second-order valence-corrected chi connectivity index (χ2v) is 8.82. The lowest BCUT2D eigenvalue weighted by Crippen LogP contribution is -2.46. The van der Waals surface area contributed by atoms with Gasteiger partial charge < -0.3 is 10.2 Å². The van der Waals surface area contributed by atoms with Gasteiger partial charge in [0.2, 0.25) is 11.7 Å². The summed E-state index contributed by atoms with van der Waals surface area (Å²) in [5.74, 6) is -0.571. The second kappa shape index (κ2) is 10.5. The average Bonchev–Trinajstić information content (AvgIpc) is 3.28.